The minimum atomic E-state index is -4.55. The first-order valence-corrected chi connectivity index (χ1v) is 10.7. The van der Waals surface area contributed by atoms with E-state index in [2.05, 4.69) is 5.16 Å². The molecule has 0 aliphatic carbocycles. The predicted octanol–water partition coefficient (Wildman–Crippen LogP) is 3.54. The number of carboxylic acid groups (broad SMARTS) is 1. The molecule has 2 heterocycles. The average molecular weight is 461 g/mol. The molecule has 1 atom stereocenters. The van der Waals surface area contributed by atoms with Gasteiger partial charge in [0.05, 0.1) is 17.4 Å². The smallest absolute Gasteiger partial charge is 0.419 e. The van der Waals surface area contributed by atoms with E-state index in [0.717, 1.165) is 17.2 Å². The van der Waals surface area contributed by atoms with Crippen molar-refractivity contribution in [1.29, 1.82) is 0 Å². The van der Waals surface area contributed by atoms with E-state index in [1.165, 1.54) is 6.07 Å². The SMILES string of the molecule is CC(C)Oc1ccc(C2CC(c3ccc(CN4CC(C(=O)[O-])C4)cc3)=NO2)cc1C(F)(F)F. The second-order valence-corrected chi connectivity index (χ2v) is 8.66. The Hall–Kier alpha value is -3.07. The van der Waals surface area contributed by atoms with Crippen molar-refractivity contribution in [2.24, 2.45) is 11.1 Å². The fourth-order valence-corrected chi connectivity index (χ4v) is 3.96. The highest BCUT2D eigenvalue weighted by molar-refractivity contribution is 6.01. The molecule has 2 aromatic carbocycles. The summed E-state index contributed by atoms with van der Waals surface area (Å²) in [6.07, 6.45) is -5.19. The van der Waals surface area contributed by atoms with E-state index >= 15 is 0 Å². The minimum absolute atomic E-state index is 0.205. The summed E-state index contributed by atoms with van der Waals surface area (Å²) in [5, 5.41) is 14.9. The van der Waals surface area contributed by atoms with Gasteiger partial charge in [0.25, 0.3) is 0 Å². The molecule has 0 aromatic heterocycles. The molecule has 0 N–H and O–H groups in total. The van der Waals surface area contributed by atoms with Gasteiger partial charge >= 0.3 is 6.18 Å². The molecule has 33 heavy (non-hydrogen) atoms. The van der Waals surface area contributed by atoms with Crippen LogP contribution in [0.4, 0.5) is 13.2 Å². The Morgan fingerprint density at radius 3 is 2.52 bits per heavy atom. The van der Waals surface area contributed by atoms with Crippen molar-refractivity contribution in [3.05, 3.63) is 64.7 Å². The fourth-order valence-electron chi connectivity index (χ4n) is 3.96. The van der Waals surface area contributed by atoms with Crippen molar-refractivity contribution in [1.82, 2.24) is 4.90 Å². The summed E-state index contributed by atoms with van der Waals surface area (Å²) in [7, 11) is 0. The van der Waals surface area contributed by atoms with Crippen LogP contribution in [0.3, 0.4) is 0 Å². The Morgan fingerprint density at radius 1 is 1.21 bits per heavy atom. The zero-order valence-electron chi connectivity index (χ0n) is 18.3. The van der Waals surface area contributed by atoms with Crippen molar-refractivity contribution < 1.29 is 32.6 Å². The normalized spacial score (nSPS) is 19.2. The molecule has 1 fully saturated rings. The quantitative estimate of drug-likeness (QED) is 0.631. The molecular weight excluding hydrogens is 437 g/mol. The van der Waals surface area contributed by atoms with Gasteiger partial charge in [-0.25, -0.2) is 0 Å². The van der Waals surface area contributed by atoms with Gasteiger partial charge in [0, 0.05) is 37.9 Å². The van der Waals surface area contributed by atoms with Gasteiger partial charge in [0.2, 0.25) is 0 Å². The maximum absolute atomic E-state index is 13.5. The molecule has 0 saturated carbocycles. The summed E-state index contributed by atoms with van der Waals surface area (Å²) < 4.78 is 45.9. The summed E-state index contributed by atoms with van der Waals surface area (Å²) >= 11 is 0. The molecule has 2 aliphatic rings. The van der Waals surface area contributed by atoms with Crippen LogP contribution in [-0.2, 0) is 22.4 Å². The fraction of sp³-hybridized carbons (Fsp3) is 0.417. The lowest BCUT2D eigenvalue weighted by molar-refractivity contribution is -0.315. The number of ether oxygens (including phenoxy) is 1. The van der Waals surface area contributed by atoms with E-state index in [0.29, 0.717) is 37.3 Å². The Morgan fingerprint density at radius 2 is 1.91 bits per heavy atom. The summed E-state index contributed by atoms with van der Waals surface area (Å²) in [5.74, 6) is -1.63. The molecule has 0 spiro atoms. The molecule has 9 heteroatoms. The number of carboxylic acids is 1. The second-order valence-electron chi connectivity index (χ2n) is 8.66. The number of hydrogen-bond acceptors (Lipinski definition) is 6. The van der Waals surface area contributed by atoms with Crippen LogP contribution in [0.25, 0.3) is 0 Å². The Labute approximate surface area is 189 Å². The Kier molecular flexibility index (Phi) is 6.34. The van der Waals surface area contributed by atoms with Crippen molar-refractivity contribution in [2.75, 3.05) is 13.1 Å². The zero-order valence-corrected chi connectivity index (χ0v) is 18.3. The molecule has 2 aromatic rings. The highest BCUT2D eigenvalue weighted by atomic mass is 19.4. The van der Waals surface area contributed by atoms with Gasteiger partial charge in [-0.15, -0.1) is 0 Å². The molecular formula is C24H24F3N2O4-. The van der Waals surface area contributed by atoms with Crippen molar-refractivity contribution in [3.63, 3.8) is 0 Å². The highest BCUT2D eigenvalue weighted by Crippen LogP contribution is 2.40. The number of nitrogens with zero attached hydrogens (tertiary/aromatic N) is 2. The number of carbonyl (C=O) groups excluding carboxylic acids is 1. The number of carbonyl (C=O) groups is 1. The van der Waals surface area contributed by atoms with E-state index in [4.69, 9.17) is 9.57 Å². The number of halogens is 3. The van der Waals surface area contributed by atoms with Gasteiger partial charge in [0.1, 0.15) is 5.75 Å². The molecule has 4 rings (SSSR count). The first-order valence-electron chi connectivity index (χ1n) is 10.7. The van der Waals surface area contributed by atoms with Crippen LogP contribution < -0.4 is 9.84 Å². The summed E-state index contributed by atoms with van der Waals surface area (Å²) in [4.78, 5) is 18.3. The number of oxime groups is 1. The topological polar surface area (TPSA) is 74.2 Å². The number of benzene rings is 2. The molecule has 1 saturated heterocycles. The zero-order chi connectivity index (χ0) is 23.8. The first-order chi connectivity index (χ1) is 15.6. The predicted molar refractivity (Wildman–Crippen MR) is 112 cm³/mol. The van der Waals surface area contributed by atoms with E-state index in [9.17, 15) is 23.1 Å². The van der Waals surface area contributed by atoms with Crippen LogP contribution in [0.5, 0.6) is 5.75 Å². The van der Waals surface area contributed by atoms with Gasteiger partial charge in [-0.2, -0.15) is 13.2 Å². The lowest BCUT2D eigenvalue weighted by atomic mass is 9.97. The van der Waals surface area contributed by atoms with Gasteiger partial charge in [-0.1, -0.05) is 35.5 Å². The molecule has 0 radical (unpaired) electrons. The summed E-state index contributed by atoms with van der Waals surface area (Å²) in [6.45, 7) is 4.95. The average Bonchev–Trinajstić information content (AvgIpc) is 3.20. The van der Waals surface area contributed by atoms with Crippen molar-refractivity contribution in [2.45, 2.75) is 45.2 Å². The number of alkyl halides is 3. The third kappa shape index (κ3) is 5.30. The van der Waals surface area contributed by atoms with Crippen LogP contribution in [0.1, 0.15) is 48.6 Å². The number of likely N-dealkylation sites (tertiary alicyclic amines) is 1. The van der Waals surface area contributed by atoms with Crippen LogP contribution in [0, 0.1) is 5.92 Å². The molecule has 1 unspecified atom stereocenters. The van der Waals surface area contributed by atoms with Crippen molar-refractivity contribution >= 4 is 11.7 Å². The monoisotopic (exact) mass is 461 g/mol. The third-order valence-electron chi connectivity index (χ3n) is 5.70. The van der Waals surface area contributed by atoms with Crippen molar-refractivity contribution in [3.8, 4) is 5.75 Å². The standard InChI is InChI=1S/C24H25F3N2O4/c1-14(2)32-21-8-7-17(9-19(21)24(25,26)27)22-10-20(28-33-22)16-5-3-15(4-6-16)11-29-12-18(13-29)23(30)31/h3-9,14,18,22H,10-13H2,1-2H3,(H,30,31)/p-1. The van der Waals surface area contributed by atoms with Gasteiger partial charge in [-0.05, 0) is 42.7 Å². The van der Waals surface area contributed by atoms with Crippen LogP contribution >= 0.6 is 0 Å². The number of rotatable bonds is 7. The summed E-state index contributed by atoms with van der Waals surface area (Å²) in [6, 6.07) is 11.6. The summed E-state index contributed by atoms with van der Waals surface area (Å²) in [5.41, 5.74) is 2.06. The maximum Gasteiger partial charge on any atom is 0.419 e. The Bertz CT molecular complexity index is 1040. The Balaban J connectivity index is 1.40. The van der Waals surface area contributed by atoms with E-state index in [1.807, 2.05) is 29.2 Å². The molecule has 176 valence electrons. The first kappa shape index (κ1) is 23.1. The number of hydrogen-bond donors (Lipinski definition) is 0. The minimum Gasteiger partial charge on any atom is -0.550 e. The number of aliphatic carboxylic acids is 1. The van der Waals surface area contributed by atoms with Crippen LogP contribution in [0.15, 0.2) is 47.6 Å². The molecule has 2 aliphatic heterocycles. The lowest BCUT2D eigenvalue weighted by Gasteiger charge is -2.39. The van der Waals surface area contributed by atoms with Gasteiger partial charge in [0.15, 0.2) is 6.10 Å². The second kappa shape index (κ2) is 9.05. The third-order valence-corrected chi connectivity index (χ3v) is 5.70. The molecule has 6 nitrogen and oxygen atoms in total. The lowest BCUT2D eigenvalue weighted by Crippen LogP contribution is -2.53. The molecule has 0 bridgehead atoms. The largest absolute Gasteiger partial charge is 0.550 e. The van der Waals surface area contributed by atoms with E-state index in [1.54, 1.807) is 19.9 Å². The van der Waals surface area contributed by atoms with E-state index in [-0.39, 0.29) is 11.9 Å². The van der Waals surface area contributed by atoms with Gasteiger partial charge < -0.3 is 19.5 Å². The van der Waals surface area contributed by atoms with Crippen LogP contribution in [-0.4, -0.2) is 35.8 Å². The van der Waals surface area contributed by atoms with Crippen LogP contribution in [0.2, 0.25) is 0 Å². The molecule has 0 amide bonds. The maximum atomic E-state index is 13.5. The highest BCUT2D eigenvalue weighted by Gasteiger charge is 2.36. The van der Waals surface area contributed by atoms with E-state index < -0.39 is 29.7 Å². The van der Waals surface area contributed by atoms with Gasteiger partial charge in [-0.3, -0.25) is 4.90 Å².